The Morgan fingerprint density at radius 3 is 2.40 bits per heavy atom. The lowest BCUT2D eigenvalue weighted by atomic mass is 10.2. The molecule has 0 aromatic heterocycles. The van der Waals surface area contributed by atoms with E-state index in [1.165, 1.54) is 0 Å². The minimum atomic E-state index is -3.02. The lowest BCUT2D eigenvalue weighted by molar-refractivity contribution is -0.00000742. The Labute approximate surface area is 97.2 Å². The number of nitrogens with one attached hydrogen (secondary N) is 1. The molecule has 1 heterocycles. The van der Waals surface area contributed by atoms with Gasteiger partial charge in [0.2, 0.25) is 0 Å². The van der Waals surface area contributed by atoms with E-state index < -0.39 is 15.9 Å². The molecule has 1 rings (SSSR count). The quantitative estimate of drug-likeness (QED) is 0.530. The highest BCUT2D eigenvalue weighted by Crippen LogP contribution is 2.11. The first-order chi connectivity index (χ1) is 6.41. The fraction of sp³-hybridized carbons (Fsp3) is 1.00. The van der Waals surface area contributed by atoms with Gasteiger partial charge in [-0.2, -0.15) is 0 Å². The highest BCUT2D eigenvalue weighted by molar-refractivity contribution is 7.91. The molecule has 2 N–H and O–H groups in total. The fourth-order valence-electron chi connectivity index (χ4n) is 1.50. The van der Waals surface area contributed by atoms with Gasteiger partial charge >= 0.3 is 0 Å². The van der Waals surface area contributed by atoms with Crippen LogP contribution in [0.3, 0.4) is 0 Å². The molecule has 0 aromatic carbocycles. The van der Waals surface area contributed by atoms with Crippen molar-refractivity contribution in [3.05, 3.63) is 0 Å². The van der Waals surface area contributed by atoms with Crippen molar-refractivity contribution < 1.29 is 25.9 Å². The van der Waals surface area contributed by atoms with Gasteiger partial charge in [0.1, 0.15) is 0 Å². The summed E-state index contributed by atoms with van der Waals surface area (Å²) >= 11 is 0. The minimum absolute atomic E-state index is 0. The summed E-state index contributed by atoms with van der Waals surface area (Å²) in [4.78, 5) is 2.00. The Morgan fingerprint density at radius 1 is 1.40 bits per heavy atom. The standard InChI is InChI=1S/C8H18N2O3S.ClH/c1-10(2)4-3-9-7-5-14(12,13)6-8(7)11;/h7-9,11H,3-6H2,1-2H3;1H/p-1. The van der Waals surface area contributed by atoms with Crippen LogP contribution in [-0.2, 0) is 9.84 Å². The number of aliphatic hydroxyl groups is 1. The van der Waals surface area contributed by atoms with Gasteiger partial charge < -0.3 is 27.7 Å². The molecule has 1 aliphatic rings. The van der Waals surface area contributed by atoms with Crippen LogP contribution in [0.1, 0.15) is 0 Å². The van der Waals surface area contributed by atoms with E-state index in [1.807, 2.05) is 19.0 Å². The van der Waals surface area contributed by atoms with Crippen LogP contribution in [0.4, 0.5) is 0 Å². The summed E-state index contributed by atoms with van der Waals surface area (Å²) in [5, 5.41) is 12.5. The molecule has 1 fully saturated rings. The Morgan fingerprint density at radius 2 is 2.00 bits per heavy atom. The van der Waals surface area contributed by atoms with Gasteiger partial charge in [-0.05, 0) is 14.1 Å². The molecule has 0 spiro atoms. The van der Waals surface area contributed by atoms with Crippen molar-refractivity contribution in [1.82, 2.24) is 10.2 Å². The molecule has 0 amide bonds. The van der Waals surface area contributed by atoms with E-state index in [-0.39, 0.29) is 30.0 Å². The van der Waals surface area contributed by atoms with Crippen molar-refractivity contribution in [3.8, 4) is 0 Å². The molecule has 0 saturated carbocycles. The average Bonchev–Trinajstić information content (AvgIpc) is 2.24. The number of aliphatic hydroxyl groups excluding tert-OH is 1. The molecule has 0 bridgehead atoms. The van der Waals surface area contributed by atoms with Crippen molar-refractivity contribution in [3.63, 3.8) is 0 Å². The number of sulfone groups is 1. The number of nitrogens with zero attached hydrogens (tertiary/aromatic N) is 1. The summed E-state index contributed by atoms with van der Waals surface area (Å²) < 4.78 is 22.3. The van der Waals surface area contributed by atoms with Gasteiger partial charge in [-0.25, -0.2) is 8.42 Å². The van der Waals surface area contributed by atoms with Gasteiger partial charge in [-0.1, -0.05) is 0 Å². The number of hydrogen-bond acceptors (Lipinski definition) is 5. The first kappa shape index (κ1) is 15.1. The predicted molar refractivity (Wildman–Crippen MR) is 55.0 cm³/mol. The van der Waals surface area contributed by atoms with E-state index in [0.29, 0.717) is 6.54 Å². The monoisotopic (exact) mass is 257 g/mol. The Balaban J connectivity index is 0.00000196. The second-order valence-corrected chi connectivity index (χ2v) is 6.16. The second-order valence-electron chi connectivity index (χ2n) is 4.01. The third kappa shape index (κ3) is 5.12. The smallest absolute Gasteiger partial charge is 0.154 e. The minimum Gasteiger partial charge on any atom is -1.00 e. The van der Waals surface area contributed by atoms with Crippen molar-refractivity contribution in [2.75, 3.05) is 38.7 Å². The van der Waals surface area contributed by atoms with Gasteiger partial charge in [-0.3, -0.25) is 0 Å². The zero-order valence-electron chi connectivity index (χ0n) is 8.98. The van der Waals surface area contributed by atoms with Crippen LogP contribution in [0.2, 0.25) is 0 Å². The Kier molecular flexibility index (Phi) is 6.05. The highest BCUT2D eigenvalue weighted by Gasteiger charge is 2.35. The summed E-state index contributed by atoms with van der Waals surface area (Å²) in [6.45, 7) is 1.54. The van der Waals surface area contributed by atoms with Gasteiger partial charge in [0.25, 0.3) is 0 Å². The molecule has 92 valence electrons. The van der Waals surface area contributed by atoms with Crippen molar-refractivity contribution in [1.29, 1.82) is 0 Å². The number of halogens is 1. The van der Waals surface area contributed by atoms with E-state index in [9.17, 15) is 13.5 Å². The summed E-state index contributed by atoms with van der Waals surface area (Å²) in [7, 11) is 0.874. The second kappa shape index (κ2) is 6.00. The molecule has 7 heteroatoms. The van der Waals surface area contributed by atoms with Crippen molar-refractivity contribution in [2.45, 2.75) is 12.1 Å². The molecule has 1 aliphatic heterocycles. The van der Waals surface area contributed by atoms with Gasteiger partial charge in [-0.15, -0.1) is 0 Å². The van der Waals surface area contributed by atoms with Crippen molar-refractivity contribution >= 4 is 9.84 Å². The molecule has 2 unspecified atom stereocenters. The van der Waals surface area contributed by atoms with E-state index in [0.717, 1.165) is 6.54 Å². The van der Waals surface area contributed by atoms with E-state index >= 15 is 0 Å². The zero-order chi connectivity index (χ0) is 10.8. The molecule has 1 saturated heterocycles. The zero-order valence-corrected chi connectivity index (χ0v) is 10.6. The normalized spacial score (nSPS) is 29.1. The average molecular weight is 258 g/mol. The summed E-state index contributed by atoms with van der Waals surface area (Å²) in [6, 6.07) is -0.292. The molecule has 0 aromatic rings. The van der Waals surface area contributed by atoms with E-state index in [1.54, 1.807) is 0 Å². The van der Waals surface area contributed by atoms with Gasteiger partial charge in [0.05, 0.1) is 17.6 Å². The summed E-state index contributed by atoms with van der Waals surface area (Å²) in [5.41, 5.74) is 0. The van der Waals surface area contributed by atoms with Crippen LogP contribution < -0.4 is 17.7 Å². The van der Waals surface area contributed by atoms with Gasteiger partial charge in [0, 0.05) is 19.1 Å². The number of hydrogen-bond donors (Lipinski definition) is 2. The fourth-order valence-corrected chi connectivity index (χ4v) is 3.27. The van der Waals surface area contributed by atoms with Crippen LogP contribution in [0.15, 0.2) is 0 Å². The van der Waals surface area contributed by atoms with Gasteiger partial charge in [0.15, 0.2) is 9.84 Å². The Hall–Kier alpha value is 0.120. The Bertz CT molecular complexity index is 282. The summed E-state index contributed by atoms with van der Waals surface area (Å²) in [5.74, 6) is -0.0474. The lowest BCUT2D eigenvalue weighted by Crippen LogP contribution is -3.00. The molecule has 15 heavy (non-hydrogen) atoms. The first-order valence-electron chi connectivity index (χ1n) is 4.67. The maximum absolute atomic E-state index is 11.1. The van der Waals surface area contributed by atoms with E-state index in [2.05, 4.69) is 5.32 Å². The van der Waals surface area contributed by atoms with Crippen LogP contribution in [0.5, 0.6) is 0 Å². The third-order valence-corrected chi connectivity index (χ3v) is 4.00. The molecular formula is C8H18ClN2O3S-. The highest BCUT2D eigenvalue weighted by atomic mass is 35.5. The van der Waals surface area contributed by atoms with Crippen LogP contribution >= 0.6 is 0 Å². The molecule has 5 nitrogen and oxygen atoms in total. The molecule has 2 atom stereocenters. The maximum atomic E-state index is 11.1. The van der Waals surface area contributed by atoms with E-state index in [4.69, 9.17) is 0 Å². The van der Waals surface area contributed by atoms with Crippen LogP contribution in [-0.4, -0.2) is 69.3 Å². The predicted octanol–water partition coefficient (Wildman–Crippen LogP) is -4.70. The third-order valence-electron chi connectivity index (χ3n) is 2.29. The number of likely N-dealkylation sites (N-methyl/N-ethyl adjacent to an activating group) is 1. The molecule has 0 radical (unpaired) electrons. The largest absolute Gasteiger partial charge is 1.00 e. The number of rotatable bonds is 4. The summed E-state index contributed by atoms with van der Waals surface area (Å²) in [6.07, 6.45) is -0.748. The lowest BCUT2D eigenvalue weighted by Gasteiger charge is -2.16. The topological polar surface area (TPSA) is 69.6 Å². The van der Waals surface area contributed by atoms with Crippen molar-refractivity contribution in [2.24, 2.45) is 0 Å². The first-order valence-corrected chi connectivity index (χ1v) is 6.49. The maximum Gasteiger partial charge on any atom is 0.154 e. The SMILES string of the molecule is CN(C)CCNC1CS(=O)(=O)CC1O.[Cl-]. The molecular weight excluding hydrogens is 240 g/mol. The van der Waals surface area contributed by atoms with Crippen LogP contribution in [0, 0.1) is 0 Å². The molecule has 0 aliphatic carbocycles. The van der Waals surface area contributed by atoms with Crippen LogP contribution in [0.25, 0.3) is 0 Å².